The Kier molecular flexibility index (Phi) is 6.01. The number of nitrogens with zero attached hydrogens (tertiary/aromatic N) is 1. The number of ether oxygens (including phenoxy) is 2. The molecule has 1 atom stereocenters. The molecule has 1 aromatic carbocycles. The van der Waals surface area contributed by atoms with E-state index >= 15 is 0 Å². The van der Waals surface area contributed by atoms with Crippen LogP contribution in [0.3, 0.4) is 0 Å². The smallest absolute Gasteiger partial charge is 0.227 e. The molecule has 2 fully saturated rings. The van der Waals surface area contributed by atoms with Gasteiger partial charge in [0.2, 0.25) is 11.8 Å². The van der Waals surface area contributed by atoms with Crippen molar-refractivity contribution in [2.24, 2.45) is 5.92 Å². The average molecular weight is 360 g/mol. The molecule has 1 unspecified atom stereocenters. The fourth-order valence-electron chi connectivity index (χ4n) is 3.87. The Morgan fingerprint density at radius 3 is 2.50 bits per heavy atom. The molecule has 2 aliphatic rings. The number of hydrogen-bond acceptors (Lipinski definition) is 4. The lowest BCUT2D eigenvalue weighted by Gasteiger charge is -2.21. The van der Waals surface area contributed by atoms with Crippen LogP contribution >= 0.6 is 0 Å². The van der Waals surface area contributed by atoms with Gasteiger partial charge >= 0.3 is 0 Å². The first kappa shape index (κ1) is 18.5. The van der Waals surface area contributed by atoms with Crippen LogP contribution in [0.4, 0.5) is 5.69 Å². The van der Waals surface area contributed by atoms with Gasteiger partial charge < -0.3 is 19.7 Å². The summed E-state index contributed by atoms with van der Waals surface area (Å²) in [5.74, 6) is 0.873. The van der Waals surface area contributed by atoms with Gasteiger partial charge in [0.25, 0.3) is 0 Å². The van der Waals surface area contributed by atoms with Crippen LogP contribution in [-0.4, -0.2) is 38.6 Å². The third kappa shape index (κ3) is 4.11. The third-order valence-corrected chi connectivity index (χ3v) is 5.37. The van der Waals surface area contributed by atoms with Gasteiger partial charge in [0.05, 0.1) is 25.8 Å². The summed E-state index contributed by atoms with van der Waals surface area (Å²) in [5, 5.41) is 3.17. The van der Waals surface area contributed by atoms with E-state index in [2.05, 4.69) is 5.32 Å². The highest BCUT2D eigenvalue weighted by atomic mass is 16.5. The second-order valence-electron chi connectivity index (χ2n) is 7.14. The molecule has 1 N–H and O–H groups in total. The van der Waals surface area contributed by atoms with E-state index in [0.717, 1.165) is 12.8 Å². The minimum Gasteiger partial charge on any atom is -0.497 e. The highest BCUT2D eigenvalue weighted by molar-refractivity contribution is 6.01. The summed E-state index contributed by atoms with van der Waals surface area (Å²) in [4.78, 5) is 26.9. The van der Waals surface area contributed by atoms with E-state index in [9.17, 15) is 9.59 Å². The minimum absolute atomic E-state index is 0.00499. The van der Waals surface area contributed by atoms with Crippen molar-refractivity contribution in [2.75, 3.05) is 25.7 Å². The molecule has 6 nitrogen and oxygen atoms in total. The van der Waals surface area contributed by atoms with E-state index in [1.807, 2.05) is 0 Å². The molecule has 1 saturated heterocycles. The molecule has 0 radical (unpaired) electrons. The summed E-state index contributed by atoms with van der Waals surface area (Å²) in [7, 11) is 3.16. The molecule has 142 valence electrons. The number of rotatable bonds is 5. The highest BCUT2D eigenvalue weighted by Gasteiger charge is 2.37. The SMILES string of the molecule is COc1ccc(OC)c(N2CC(C(=O)NC3CCCCCC3)CC2=O)c1. The molecule has 1 heterocycles. The minimum atomic E-state index is -0.318. The van der Waals surface area contributed by atoms with Crippen LogP contribution in [0, 0.1) is 5.92 Å². The molecule has 2 amide bonds. The van der Waals surface area contributed by atoms with Gasteiger partial charge in [-0.15, -0.1) is 0 Å². The molecule has 1 saturated carbocycles. The maximum Gasteiger partial charge on any atom is 0.227 e. The van der Waals surface area contributed by atoms with Crippen LogP contribution in [0.1, 0.15) is 44.9 Å². The van der Waals surface area contributed by atoms with Crippen molar-refractivity contribution in [3.8, 4) is 11.5 Å². The number of amides is 2. The normalized spacial score (nSPS) is 21.4. The average Bonchev–Trinajstić information content (AvgIpc) is 2.87. The number of hydrogen-bond donors (Lipinski definition) is 1. The van der Waals surface area contributed by atoms with Crippen LogP contribution in [0.25, 0.3) is 0 Å². The van der Waals surface area contributed by atoms with Crippen molar-refractivity contribution in [1.29, 1.82) is 0 Å². The standard InChI is InChI=1S/C20H28N2O4/c1-25-16-9-10-18(26-2)17(12-16)22-13-14(11-19(22)23)20(24)21-15-7-5-3-4-6-8-15/h9-10,12,14-15H,3-8,11,13H2,1-2H3,(H,21,24). The van der Waals surface area contributed by atoms with Gasteiger partial charge in [-0.25, -0.2) is 0 Å². The number of benzene rings is 1. The molecule has 3 rings (SSSR count). The van der Waals surface area contributed by atoms with Gasteiger partial charge in [0.15, 0.2) is 0 Å². The van der Waals surface area contributed by atoms with Crippen LogP contribution in [0.5, 0.6) is 11.5 Å². The zero-order valence-corrected chi connectivity index (χ0v) is 15.6. The summed E-state index contributed by atoms with van der Waals surface area (Å²) in [6.45, 7) is 0.376. The molecule has 26 heavy (non-hydrogen) atoms. The zero-order valence-electron chi connectivity index (χ0n) is 15.6. The fraction of sp³-hybridized carbons (Fsp3) is 0.600. The highest BCUT2D eigenvalue weighted by Crippen LogP contribution is 2.36. The monoisotopic (exact) mass is 360 g/mol. The molecule has 0 aromatic heterocycles. The maximum absolute atomic E-state index is 12.7. The van der Waals surface area contributed by atoms with Gasteiger partial charge in [-0.05, 0) is 25.0 Å². The van der Waals surface area contributed by atoms with Crippen molar-refractivity contribution in [2.45, 2.75) is 51.0 Å². The third-order valence-electron chi connectivity index (χ3n) is 5.37. The van der Waals surface area contributed by atoms with Crippen molar-refractivity contribution in [3.05, 3.63) is 18.2 Å². The molecule has 1 aliphatic heterocycles. The lowest BCUT2D eigenvalue weighted by molar-refractivity contribution is -0.127. The van der Waals surface area contributed by atoms with E-state index < -0.39 is 0 Å². The summed E-state index contributed by atoms with van der Waals surface area (Å²) in [6, 6.07) is 5.60. The lowest BCUT2D eigenvalue weighted by Crippen LogP contribution is -2.39. The maximum atomic E-state index is 12.7. The summed E-state index contributed by atoms with van der Waals surface area (Å²) in [5.41, 5.74) is 0.654. The number of nitrogens with one attached hydrogen (secondary N) is 1. The summed E-state index contributed by atoms with van der Waals surface area (Å²) < 4.78 is 10.6. The number of carbonyl (C=O) groups is 2. The van der Waals surface area contributed by atoms with E-state index in [1.54, 1.807) is 37.3 Å². The molecule has 0 bridgehead atoms. The first-order valence-corrected chi connectivity index (χ1v) is 9.45. The predicted octanol–water partition coefficient (Wildman–Crippen LogP) is 2.90. The van der Waals surface area contributed by atoms with Crippen LogP contribution < -0.4 is 19.7 Å². The quantitative estimate of drug-likeness (QED) is 0.820. The van der Waals surface area contributed by atoms with Gasteiger partial charge in [-0.2, -0.15) is 0 Å². The van der Waals surface area contributed by atoms with Crippen molar-refractivity contribution in [1.82, 2.24) is 5.32 Å². The Balaban J connectivity index is 1.69. The number of anilines is 1. The van der Waals surface area contributed by atoms with E-state index in [0.29, 0.717) is 23.7 Å². The van der Waals surface area contributed by atoms with Crippen molar-refractivity contribution in [3.63, 3.8) is 0 Å². The van der Waals surface area contributed by atoms with Crippen molar-refractivity contribution >= 4 is 17.5 Å². The largest absolute Gasteiger partial charge is 0.497 e. The fourth-order valence-corrected chi connectivity index (χ4v) is 3.87. The lowest BCUT2D eigenvalue weighted by atomic mass is 10.0. The second-order valence-corrected chi connectivity index (χ2v) is 7.14. The molecule has 1 aromatic rings. The predicted molar refractivity (Wildman–Crippen MR) is 99.6 cm³/mol. The van der Waals surface area contributed by atoms with Gasteiger partial charge in [0.1, 0.15) is 11.5 Å². The van der Waals surface area contributed by atoms with Gasteiger partial charge in [-0.3, -0.25) is 9.59 Å². The van der Waals surface area contributed by atoms with Crippen LogP contribution in [0.2, 0.25) is 0 Å². The van der Waals surface area contributed by atoms with Crippen LogP contribution in [0.15, 0.2) is 18.2 Å². The van der Waals surface area contributed by atoms with Gasteiger partial charge in [-0.1, -0.05) is 25.7 Å². The summed E-state index contributed by atoms with van der Waals surface area (Å²) in [6.07, 6.45) is 7.15. The molecular weight excluding hydrogens is 332 g/mol. The van der Waals surface area contributed by atoms with Gasteiger partial charge in [0, 0.05) is 25.1 Å². The van der Waals surface area contributed by atoms with E-state index in [4.69, 9.17) is 9.47 Å². The van der Waals surface area contributed by atoms with Crippen molar-refractivity contribution < 1.29 is 19.1 Å². The van der Waals surface area contributed by atoms with Crippen LogP contribution in [-0.2, 0) is 9.59 Å². The number of methoxy groups -OCH3 is 2. The first-order valence-electron chi connectivity index (χ1n) is 9.45. The molecule has 0 spiro atoms. The Morgan fingerprint density at radius 2 is 1.85 bits per heavy atom. The Labute approximate surface area is 154 Å². The topological polar surface area (TPSA) is 67.9 Å². The van der Waals surface area contributed by atoms with E-state index in [1.165, 1.54) is 25.7 Å². The Bertz CT molecular complexity index is 653. The molecule has 1 aliphatic carbocycles. The zero-order chi connectivity index (χ0) is 18.5. The Morgan fingerprint density at radius 1 is 1.12 bits per heavy atom. The van der Waals surface area contributed by atoms with E-state index in [-0.39, 0.29) is 30.2 Å². The second kappa shape index (κ2) is 8.43. The molecular formula is C20H28N2O4. The first-order chi connectivity index (χ1) is 12.6. The summed E-state index contributed by atoms with van der Waals surface area (Å²) >= 11 is 0. The number of carbonyl (C=O) groups excluding carboxylic acids is 2. The Hall–Kier alpha value is -2.24. The molecule has 6 heteroatoms.